The third-order valence-corrected chi connectivity index (χ3v) is 3.47. The molecule has 1 aliphatic carbocycles. The summed E-state index contributed by atoms with van der Waals surface area (Å²) >= 11 is 12.1. The lowest BCUT2D eigenvalue weighted by molar-refractivity contribution is 0.817. The van der Waals surface area contributed by atoms with E-state index in [0.29, 0.717) is 5.92 Å². The van der Waals surface area contributed by atoms with Crippen molar-refractivity contribution in [2.45, 2.75) is 12.3 Å². The van der Waals surface area contributed by atoms with Crippen molar-refractivity contribution in [1.29, 1.82) is 0 Å². The standard InChI is InChI=1S/C10H9Cl2N/c11-6-2-8(12)10-7-1-5(7)4-13-9(10)3-6/h2-3,5,7,13H,1,4H2. The molecule has 0 bridgehead atoms. The second-order valence-corrected chi connectivity index (χ2v) is 4.68. The zero-order valence-electron chi connectivity index (χ0n) is 6.98. The van der Waals surface area contributed by atoms with Gasteiger partial charge in [0.05, 0.1) is 0 Å². The molecule has 13 heavy (non-hydrogen) atoms. The fraction of sp³-hybridized carbons (Fsp3) is 0.400. The van der Waals surface area contributed by atoms with Crippen LogP contribution in [0.4, 0.5) is 5.69 Å². The molecule has 2 aliphatic rings. The molecule has 3 heteroatoms. The summed E-state index contributed by atoms with van der Waals surface area (Å²) < 4.78 is 0. The fourth-order valence-electron chi connectivity index (χ4n) is 2.18. The molecule has 1 aromatic rings. The normalized spacial score (nSPS) is 28.8. The monoisotopic (exact) mass is 213 g/mol. The van der Waals surface area contributed by atoms with E-state index in [1.807, 2.05) is 12.1 Å². The van der Waals surface area contributed by atoms with Crippen LogP contribution in [0.3, 0.4) is 0 Å². The lowest BCUT2D eigenvalue weighted by Crippen LogP contribution is -2.11. The van der Waals surface area contributed by atoms with Gasteiger partial charge in [-0.1, -0.05) is 23.2 Å². The second kappa shape index (κ2) is 2.55. The van der Waals surface area contributed by atoms with E-state index in [2.05, 4.69) is 5.32 Å². The molecule has 0 amide bonds. The third-order valence-electron chi connectivity index (χ3n) is 2.94. The highest BCUT2D eigenvalue weighted by Gasteiger charge is 2.43. The Kier molecular flexibility index (Phi) is 1.56. The maximum Gasteiger partial charge on any atom is 0.0476 e. The lowest BCUT2D eigenvalue weighted by Gasteiger charge is -2.18. The highest BCUT2D eigenvalue weighted by atomic mass is 35.5. The smallest absolute Gasteiger partial charge is 0.0476 e. The number of nitrogens with one attached hydrogen (secondary N) is 1. The van der Waals surface area contributed by atoms with E-state index in [9.17, 15) is 0 Å². The predicted octanol–water partition coefficient (Wildman–Crippen LogP) is 3.52. The van der Waals surface area contributed by atoms with E-state index < -0.39 is 0 Å². The van der Waals surface area contributed by atoms with Gasteiger partial charge in [-0.3, -0.25) is 0 Å². The Balaban J connectivity index is 2.19. The van der Waals surface area contributed by atoms with Gasteiger partial charge in [-0.25, -0.2) is 0 Å². The van der Waals surface area contributed by atoms with Crippen molar-refractivity contribution in [3.63, 3.8) is 0 Å². The van der Waals surface area contributed by atoms with Crippen LogP contribution in [0.1, 0.15) is 17.9 Å². The van der Waals surface area contributed by atoms with E-state index >= 15 is 0 Å². The number of rotatable bonds is 0. The molecule has 1 aromatic carbocycles. The molecule has 1 N–H and O–H groups in total. The zero-order valence-corrected chi connectivity index (χ0v) is 8.49. The Hall–Kier alpha value is -0.400. The fourth-order valence-corrected chi connectivity index (χ4v) is 2.81. The number of anilines is 1. The molecule has 3 rings (SSSR count). The summed E-state index contributed by atoms with van der Waals surface area (Å²) in [7, 11) is 0. The minimum atomic E-state index is 0.695. The number of fused-ring (bicyclic) bond motifs is 3. The summed E-state index contributed by atoms with van der Waals surface area (Å²) in [4.78, 5) is 0. The molecule has 1 saturated carbocycles. The van der Waals surface area contributed by atoms with Crippen LogP contribution in [-0.2, 0) is 0 Å². The average molecular weight is 214 g/mol. The van der Waals surface area contributed by atoms with Gasteiger partial charge in [0.25, 0.3) is 0 Å². The van der Waals surface area contributed by atoms with Crippen molar-refractivity contribution in [2.75, 3.05) is 11.9 Å². The first-order chi connectivity index (χ1) is 6.25. The van der Waals surface area contributed by atoms with Gasteiger partial charge in [-0.2, -0.15) is 0 Å². The van der Waals surface area contributed by atoms with Crippen LogP contribution in [-0.4, -0.2) is 6.54 Å². The minimum absolute atomic E-state index is 0.695. The van der Waals surface area contributed by atoms with Crippen LogP contribution >= 0.6 is 23.2 Å². The summed E-state index contributed by atoms with van der Waals surface area (Å²) in [5.41, 5.74) is 2.42. The van der Waals surface area contributed by atoms with Crippen LogP contribution in [0.5, 0.6) is 0 Å². The van der Waals surface area contributed by atoms with Gasteiger partial charge in [-0.15, -0.1) is 0 Å². The number of hydrogen-bond acceptors (Lipinski definition) is 1. The molecule has 0 spiro atoms. The first-order valence-corrected chi connectivity index (χ1v) is 5.24. The van der Waals surface area contributed by atoms with Crippen molar-refractivity contribution < 1.29 is 0 Å². The van der Waals surface area contributed by atoms with Crippen molar-refractivity contribution in [1.82, 2.24) is 0 Å². The van der Waals surface area contributed by atoms with Crippen LogP contribution in [0, 0.1) is 5.92 Å². The van der Waals surface area contributed by atoms with Gasteiger partial charge in [0.1, 0.15) is 0 Å². The van der Waals surface area contributed by atoms with Gasteiger partial charge >= 0.3 is 0 Å². The molecule has 1 aliphatic heterocycles. The number of benzene rings is 1. The van der Waals surface area contributed by atoms with E-state index in [4.69, 9.17) is 23.2 Å². The van der Waals surface area contributed by atoms with E-state index in [1.165, 1.54) is 12.0 Å². The maximum atomic E-state index is 6.14. The quantitative estimate of drug-likeness (QED) is 0.696. The first kappa shape index (κ1) is 7.95. The summed E-state index contributed by atoms with van der Waals surface area (Å²) in [5.74, 6) is 1.51. The minimum Gasteiger partial charge on any atom is -0.384 e. The van der Waals surface area contributed by atoms with Crippen LogP contribution in [0.25, 0.3) is 0 Å². The first-order valence-electron chi connectivity index (χ1n) is 4.48. The van der Waals surface area contributed by atoms with E-state index in [0.717, 1.165) is 28.2 Å². The maximum absolute atomic E-state index is 6.14. The van der Waals surface area contributed by atoms with Crippen molar-refractivity contribution in [2.24, 2.45) is 5.92 Å². The Morgan fingerprint density at radius 2 is 2.15 bits per heavy atom. The zero-order chi connectivity index (χ0) is 9.00. The van der Waals surface area contributed by atoms with Crippen molar-refractivity contribution in [3.8, 4) is 0 Å². The Labute approximate surface area is 87.0 Å². The van der Waals surface area contributed by atoms with Crippen LogP contribution in [0.15, 0.2) is 12.1 Å². The topological polar surface area (TPSA) is 12.0 Å². The molecule has 1 nitrogen and oxygen atoms in total. The largest absolute Gasteiger partial charge is 0.384 e. The number of hydrogen-bond donors (Lipinski definition) is 1. The molecular formula is C10H9Cl2N. The summed E-state index contributed by atoms with van der Waals surface area (Å²) in [6.07, 6.45) is 1.28. The van der Waals surface area contributed by atoms with Gasteiger partial charge in [-0.05, 0) is 36.0 Å². The molecule has 0 radical (unpaired) electrons. The average Bonchev–Trinajstić information content (AvgIpc) is 2.80. The van der Waals surface area contributed by atoms with E-state index in [-0.39, 0.29) is 0 Å². The van der Waals surface area contributed by atoms with Gasteiger partial charge in [0.15, 0.2) is 0 Å². The summed E-state index contributed by atoms with van der Waals surface area (Å²) in [6, 6.07) is 3.81. The lowest BCUT2D eigenvalue weighted by atomic mass is 10.0. The highest BCUT2D eigenvalue weighted by molar-refractivity contribution is 6.35. The van der Waals surface area contributed by atoms with Gasteiger partial charge < -0.3 is 5.32 Å². The molecule has 0 aromatic heterocycles. The molecule has 1 fully saturated rings. The predicted molar refractivity (Wildman–Crippen MR) is 55.8 cm³/mol. The molecule has 2 atom stereocenters. The highest BCUT2D eigenvalue weighted by Crippen LogP contribution is 2.55. The summed E-state index contributed by atoms with van der Waals surface area (Å²) in [6.45, 7) is 1.08. The van der Waals surface area contributed by atoms with Crippen LogP contribution < -0.4 is 5.32 Å². The molecule has 68 valence electrons. The van der Waals surface area contributed by atoms with E-state index in [1.54, 1.807) is 0 Å². The number of halogens is 2. The SMILES string of the molecule is Clc1cc(Cl)c2c(c1)NCC1CC21. The third kappa shape index (κ3) is 1.14. The van der Waals surface area contributed by atoms with Gasteiger partial charge in [0, 0.05) is 22.3 Å². The molecule has 1 heterocycles. The summed E-state index contributed by atoms with van der Waals surface area (Å²) in [5, 5.41) is 4.91. The van der Waals surface area contributed by atoms with Crippen LogP contribution in [0.2, 0.25) is 10.0 Å². The molecule has 0 saturated heterocycles. The van der Waals surface area contributed by atoms with Gasteiger partial charge in [0.2, 0.25) is 0 Å². The Morgan fingerprint density at radius 3 is 3.00 bits per heavy atom. The van der Waals surface area contributed by atoms with Crippen molar-refractivity contribution >= 4 is 28.9 Å². The Bertz CT molecular complexity index is 375. The second-order valence-electron chi connectivity index (χ2n) is 3.83. The molecule has 2 unspecified atom stereocenters. The molecular weight excluding hydrogens is 205 g/mol. The Morgan fingerprint density at radius 1 is 1.31 bits per heavy atom. The van der Waals surface area contributed by atoms with Crippen molar-refractivity contribution in [3.05, 3.63) is 27.7 Å².